The molecule has 3 N–H and O–H groups in total. The molecule has 1 unspecified atom stereocenters. The summed E-state index contributed by atoms with van der Waals surface area (Å²) >= 11 is 1.41. The molecule has 0 aliphatic heterocycles. The Bertz CT molecular complexity index is 1430. The van der Waals surface area contributed by atoms with E-state index in [4.69, 9.17) is 4.98 Å². The minimum atomic E-state index is -0.302. The molecule has 0 radical (unpaired) electrons. The molecule has 4 aromatic heterocycles. The predicted octanol–water partition coefficient (Wildman–Crippen LogP) is 2.83. The standard InChI is InChI=1S/C26H36N10O2S/c1-6-17(3)12-34(7-2)15-20-8-24(39-33-20)32-25-26-29-10-21(36(26)13-18(4)31-25)19-9-30-35(14-19)16-23(38)28-11-22(37)27-5/h8-10,13-14,17H,6-7,11-12,15-16H2,1-5H3,(H,27,37)(H,28,38)(H,31,32). The summed E-state index contributed by atoms with van der Waals surface area (Å²) < 4.78 is 8.15. The molecule has 2 amide bonds. The van der Waals surface area contributed by atoms with Crippen LogP contribution in [0.3, 0.4) is 0 Å². The van der Waals surface area contributed by atoms with Gasteiger partial charge in [0, 0.05) is 38.1 Å². The van der Waals surface area contributed by atoms with E-state index in [0.29, 0.717) is 17.4 Å². The van der Waals surface area contributed by atoms with Crippen LogP contribution in [0.15, 0.2) is 30.9 Å². The van der Waals surface area contributed by atoms with Gasteiger partial charge in [-0.2, -0.15) is 9.47 Å². The van der Waals surface area contributed by atoms with Crippen molar-refractivity contribution in [2.45, 2.75) is 47.2 Å². The number of fused-ring (bicyclic) bond motifs is 1. The number of rotatable bonds is 13. The quantitative estimate of drug-likeness (QED) is 0.231. The number of aryl methyl sites for hydroxylation is 1. The third-order valence-electron chi connectivity index (χ3n) is 6.47. The van der Waals surface area contributed by atoms with Gasteiger partial charge in [0.2, 0.25) is 11.8 Å². The van der Waals surface area contributed by atoms with E-state index in [-0.39, 0.29) is 24.9 Å². The van der Waals surface area contributed by atoms with Crippen molar-refractivity contribution < 1.29 is 9.59 Å². The molecule has 1 atom stereocenters. The Morgan fingerprint density at radius 2 is 2.00 bits per heavy atom. The van der Waals surface area contributed by atoms with E-state index >= 15 is 0 Å². The first-order chi connectivity index (χ1) is 18.8. The summed E-state index contributed by atoms with van der Waals surface area (Å²) in [4.78, 5) is 35.2. The summed E-state index contributed by atoms with van der Waals surface area (Å²) in [5, 5.41) is 13.7. The fourth-order valence-corrected chi connectivity index (χ4v) is 4.78. The Kier molecular flexibility index (Phi) is 9.25. The fraction of sp³-hybridized carbons (Fsp3) is 0.462. The lowest BCUT2D eigenvalue weighted by molar-refractivity contribution is -0.126. The largest absolute Gasteiger partial charge is 0.358 e. The van der Waals surface area contributed by atoms with Gasteiger partial charge in [-0.25, -0.2) is 9.97 Å². The summed E-state index contributed by atoms with van der Waals surface area (Å²) in [5.74, 6) is 0.731. The number of aromatic nitrogens is 6. The highest BCUT2D eigenvalue weighted by Gasteiger charge is 2.16. The molecule has 0 aliphatic rings. The normalized spacial score (nSPS) is 12.2. The van der Waals surface area contributed by atoms with E-state index in [9.17, 15) is 9.59 Å². The van der Waals surface area contributed by atoms with Crippen molar-refractivity contribution in [2.75, 3.05) is 32.0 Å². The number of carbonyl (C=O) groups excluding carboxylic acids is 2. The first-order valence-electron chi connectivity index (χ1n) is 13.1. The van der Waals surface area contributed by atoms with Crippen LogP contribution in [0.4, 0.5) is 10.8 Å². The number of hydrogen-bond donors (Lipinski definition) is 3. The first-order valence-corrected chi connectivity index (χ1v) is 13.9. The monoisotopic (exact) mass is 552 g/mol. The lowest BCUT2D eigenvalue weighted by Crippen LogP contribution is -2.36. The molecular weight excluding hydrogens is 516 g/mol. The van der Waals surface area contributed by atoms with Crippen LogP contribution >= 0.6 is 11.5 Å². The number of hydrogen-bond acceptors (Lipinski definition) is 9. The second-order valence-corrected chi connectivity index (χ2v) is 10.4. The molecule has 12 nitrogen and oxygen atoms in total. The Balaban J connectivity index is 1.48. The maximum Gasteiger partial charge on any atom is 0.242 e. The zero-order chi connectivity index (χ0) is 27.9. The smallest absolute Gasteiger partial charge is 0.242 e. The summed E-state index contributed by atoms with van der Waals surface area (Å²) in [5.41, 5.74) is 4.16. The molecule has 0 saturated heterocycles. The summed E-state index contributed by atoms with van der Waals surface area (Å²) in [6.07, 6.45) is 8.31. The molecule has 0 aromatic carbocycles. The van der Waals surface area contributed by atoms with E-state index < -0.39 is 0 Å². The van der Waals surface area contributed by atoms with E-state index in [1.54, 1.807) is 18.6 Å². The second kappa shape index (κ2) is 12.8. The van der Waals surface area contributed by atoms with Gasteiger partial charge in [-0.15, -0.1) is 0 Å². The van der Waals surface area contributed by atoms with E-state index in [0.717, 1.165) is 53.7 Å². The highest BCUT2D eigenvalue weighted by atomic mass is 32.1. The van der Waals surface area contributed by atoms with Crippen molar-refractivity contribution >= 4 is 39.8 Å². The summed E-state index contributed by atoms with van der Waals surface area (Å²) in [6, 6.07) is 2.08. The van der Waals surface area contributed by atoms with E-state index in [1.807, 2.05) is 17.5 Å². The van der Waals surface area contributed by atoms with Gasteiger partial charge in [-0.1, -0.05) is 27.2 Å². The van der Waals surface area contributed by atoms with Gasteiger partial charge in [0.15, 0.2) is 11.5 Å². The van der Waals surface area contributed by atoms with Gasteiger partial charge >= 0.3 is 0 Å². The van der Waals surface area contributed by atoms with Crippen molar-refractivity contribution in [2.24, 2.45) is 5.92 Å². The number of anilines is 2. The Morgan fingerprint density at radius 3 is 2.74 bits per heavy atom. The van der Waals surface area contributed by atoms with Crippen molar-refractivity contribution in [3.8, 4) is 11.3 Å². The van der Waals surface area contributed by atoms with Crippen molar-refractivity contribution in [1.29, 1.82) is 0 Å². The molecule has 0 saturated carbocycles. The van der Waals surface area contributed by atoms with Crippen LogP contribution in [-0.4, -0.2) is 71.9 Å². The molecular formula is C26H36N10O2S. The predicted molar refractivity (Wildman–Crippen MR) is 152 cm³/mol. The van der Waals surface area contributed by atoms with Gasteiger partial charge < -0.3 is 16.0 Å². The molecule has 4 heterocycles. The Morgan fingerprint density at radius 1 is 1.18 bits per heavy atom. The third-order valence-corrected chi connectivity index (χ3v) is 7.21. The summed E-state index contributed by atoms with van der Waals surface area (Å²) in [7, 11) is 1.52. The van der Waals surface area contributed by atoms with Gasteiger partial charge in [0.05, 0.1) is 36.0 Å². The number of nitrogens with zero attached hydrogens (tertiary/aromatic N) is 7. The van der Waals surface area contributed by atoms with Crippen molar-refractivity contribution in [3.05, 3.63) is 42.2 Å². The topological polar surface area (TPSA) is 134 Å². The number of imidazole rings is 1. The zero-order valence-corrected chi connectivity index (χ0v) is 23.9. The van der Waals surface area contributed by atoms with Crippen LogP contribution in [0, 0.1) is 12.8 Å². The maximum absolute atomic E-state index is 12.1. The van der Waals surface area contributed by atoms with Crippen LogP contribution < -0.4 is 16.0 Å². The molecule has 4 aromatic rings. The number of nitrogens with one attached hydrogen (secondary N) is 3. The minimum Gasteiger partial charge on any atom is -0.358 e. The van der Waals surface area contributed by atoms with E-state index in [2.05, 4.69) is 62.1 Å². The first kappa shape index (κ1) is 28.2. The molecule has 39 heavy (non-hydrogen) atoms. The number of likely N-dealkylation sites (N-methyl/N-ethyl adjacent to an activating group) is 1. The lowest BCUT2D eigenvalue weighted by atomic mass is 10.1. The van der Waals surface area contributed by atoms with E-state index in [1.165, 1.54) is 23.3 Å². The highest BCUT2D eigenvalue weighted by molar-refractivity contribution is 7.10. The molecule has 4 rings (SSSR count). The lowest BCUT2D eigenvalue weighted by Gasteiger charge is -2.22. The van der Waals surface area contributed by atoms with Crippen LogP contribution in [0.2, 0.25) is 0 Å². The third kappa shape index (κ3) is 7.18. The molecule has 0 spiro atoms. The number of amides is 2. The van der Waals surface area contributed by atoms with Crippen LogP contribution in [0.25, 0.3) is 16.9 Å². The maximum atomic E-state index is 12.1. The fourth-order valence-electron chi connectivity index (χ4n) is 4.13. The van der Waals surface area contributed by atoms with Gasteiger partial charge in [-0.05, 0) is 37.0 Å². The average molecular weight is 553 g/mol. The van der Waals surface area contributed by atoms with Gasteiger partial charge in [0.1, 0.15) is 11.5 Å². The van der Waals surface area contributed by atoms with Crippen LogP contribution in [0.1, 0.15) is 38.6 Å². The minimum absolute atomic E-state index is 0.00163. The SMILES string of the molecule is CCC(C)CN(CC)Cc1cc(Nc2nc(C)cn3c(-c4cnn(CC(=O)NCC(=O)NC)c4)cnc23)sn1. The second-order valence-electron chi connectivity index (χ2n) is 9.59. The molecule has 0 aliphatic carbocycles. The van der Waals surface area contributed by atoms with Crippen molar-refractivity contribution in [3.63, 3.8) is 0 Å². The highest BCUT2D eigenvalue weighted by Crippen LogP contribution is 2.28. The van der Waals surface area contributed by atoms with Crippen LogP contribution in [-0.2, 0) is 22.7 Å². The number of carbonyl (C=O) groups is 2. The molecule has 13 heteroatoms. The Hall–Kier alpha value is -3.84. The summed E-state index contributed by atoms with van der Waals surface area (Å²) in [6.45, 7) is 11.4. The zero-order valence-electron chi connectivity index (χ0n) is 23.1. The van der Waals surface area contributed by atoms with Crippen LogP contribution in [0.5, 0.6) is 0 Å². The molecule has 0 fully saturated rings. The van der Waals surface area contributed by atoms with Gasteiger partial charge in [0.25, 0.3) is 0 Å². The van der Waals surface area contributed by atoms with Crippen molar-refractivity contribution in [1.82, 2.24) is 44.1 Å². The average Bonchev–Trinajstić information content (AvgIpc) is 3.66. The molecule has 0 bridgehead atoms. The van der Waals surface area contributed by atoms with Gasteiger partial charge in [-0.3, -0.25) is 23.6 Å². The molecule has 208 valence electrons. The Labute approximate surface area is 232 Å².